The Hall–Kier alpha value is -3.13. The monoisotopic (exact) mass is 454 g/mol. The van der Waals surface area contributed by atoms with Gasteiger partial charge >= 0.3 is 0 Å². The fraction of sp³-hybridized carbons (Fsp3) is 0.400. The summed E-state index contributed by atoms with van der Waals surface area (Å²) in [6, 6.07) is 8.83. The van der Waals surface area contributed by atoms with Gasteiger partial charge < -0.3 is 24.7 Å². The molecule has 0 saturated carbocycles. The molecule has 2 aromatic carbocycles. The standard InChI is InChI=1S/C25H28F2N4O2/c1-15(2)31-9-10-32-24-21(27)11-17(12-23(24)31)22-14-33-25(30-22)29-18-3-4-19(20(26)13-18)16-5-7-28-8-6-16/h3-4,11-16,28H,5-10H2,1-2H3,(H,29,30). The molecule has 0 radical (unpaired) electrons. The fourth-order valence-electron chi connectivity index (χ4n) is 4.64. The third-order valence-electron chi connectivity index (χ3n) is 6.37. The van der Waals surface area contributed by atoms with Crippen LogP contribution in [0.2, 0.25) is 0 Å². The molecule has 0 bridgehead atoms. The molecule has 2 N–H and O–H groups in total. The number of aromatic nitrogens is 1. The first kappa shape index (κ1) is 21.7. The molecular weight excluding hydrogens is 426 g/mol. The van der Waals surface area contributed by atoms with Crippen LogP contribution in [0.15, 0.2) is 41.0 Å². The Morgan fingerprint density at radius 1 is 1.12 bits per heavy atom. The number of halogens is 2. The van der Waals surface area contributed by atoms with E-state index in [9.17, 15) is 8.78 Å². The second-order valence-electron chi connectivity index (χ2n) is 8.87. The summed E-state index contributed by atoms with van der Waals surface area (Å²) in [6.07, 6.45) is 3.33. The number of oxazole rings is 1. The van der Waals surface area contributed by atoms with Gasteiger partial charge in [-0.3, -0.25) is 0 Å². The predicted octanol–water partition coefficient (Wildman–Crippen LogP) is 5.44. The summed E-state index contributed by atoms with van der Waals surface area (Å²) in [5.74, 6) is -0.156. The van der Waals surface area contributed by atoms with Gasteiger partial charge in [-0.2, -0.15) is 4.98 Å². The number of hydrogen-bond donors (Lipinski definition) is 2. The van der Waals surface area contributed by atoms with Crippen LogP contribution in [0.25, 0.3) is 11.3 Å². The fourth-order valence-corrected chi connectivity index (χ4v) is 4.64. The van der Waals surface area contributed by atoms with E-state index in [1.54, 1.807) is 0 Å². The molecule has 3 heterocycles. The minimum absolute atomic E-state index is 0.208. The summed E-state index contributed by atoms with van der Waals surface area (Å²) in [6.45, 7) is 7.09. The van der Waals surface area contributed by atoms with Crippen LogP contribution in [-0.4, -0.2) is 37.3 Å². The highest BCUT2D eigenvalue weighted by atomic mass is 19.1. The molecule has 0 amide bonds. The molecule has 1 saturated heterocycles. The second-order valence-corrected chi connectivity index (χ2v) is 8.87. The summed E-state index contributed by atoms with van der Waals surface area (Å²) in [5.41, 5.74) is 3.08. The Bertz CT molecular complexity index is 1140. The van der Waals surface area contributed by atoms with Crippen molar-refractivity contribution >= 4 is 17.4 Å². The van der Waals surface area contributed by atoms with Gasteiger partial charge in [-0.25, -0.2) is 8.78 Å². The number of nitrogens with zero attached hydrogens (tertiary/aromatic N) is 2. The van der Waals surface area contributed by atoms with Gasteiger partial charge in [0.2, 0.25) is 0 Å². The van der Waals surface area contributed by atoms with E-state index in [1.807, 2.05) is 18.2 Å². The minimum Gasteiger partial charge on any atom is -0.486 e. The first-order valence-electron chi connectivity index (χ1n) is 11.5. The third kappa shape index (κ3) is 4.39. The van der Waals surface area contributed by atoms with E-state index in [-0.39, 0.29) is 29.5 Å². The van der Waals surface area contributed by atoms with Crippen molar-refractivity contribution in [3.8, 4) is 17.0 Å². The maximum absolute atomic E-state index is 14.8. The van der Waals surface area contributed by atoms with Crippen LogP contribution < -0.4 is 20.3 Å². The van der Waals surface area contributed by atoms with Crippen molar-refractivity contribution < 1.29 is 17.9 Å². The molecule has 0 unspecified atom stereocenters. The summed E-state index contributed by atoms with van der Waals surface area (Å²) in [5, 5.41) is 6.31. The third-order valence-corrected chi connectivity index (χ3v) is 6.37. The first-order chi connectivity index (χ1) is 16.0. The van der Waals surface area contributed by atoms with Gasteiger partial charge in [0.05, 0.1) is 12.2 Å². The van der Waals surface area contributed by atoms with Crippen molar-refractivity contribution in [1.29, 1.82) is 0 Å². The lowest BCUT2D eigenvalue weighted by Gasteiger charge is -2.34. The van der Waals surface area contributed by atoms with Crippen molar-refractivity contribution in [3.63, 3.8) is 0 Å². The lowest BCUT2D eigenvalue weighted by Crippen LogP contribution is -2.38. The molecule has 2 aliphatic heterocycles. The van der Waals surface area contributed by atoms with Gasteiger partial charge in [-0.1, -0.05) is 6.07 Å². The van der Waals surface area contributed by atoms with Crippen LogP contribution >= 0.6 is 0 Å². The highest BCUT2D eigenvalue weighted by Gasteiger charge is 2.25. The predicted molar refractivity (Wildman–Crippen MR) is 124 cm³/mol. The molecule has 33 heavy (non-hydrogen) atoms. The van der Waals surface area contributed by atoms with Crippen LogP contribution in [0.1, 0.15) is 38.2 Å². The SMILES string of the molecule is CC(C)N1CCOc2c(F)cc(-c3coc(Nc4ccc(C5CCNCC5)c(F)c4)n3)cc21. The average molecular weight is 455 g/mol. The number of fused-ring (bicyclic) bond motifs is 1. The first-order valence-corrected chi connectivity index (χ1v) is 11.5. The van der Waals surface area contributed by atoms with Gasteiger partial charge in [0.15, 0.2) is 11.6 Å². The van der Waals surface area contributed by atoms with E-state index in [2.05, 4.69) is 34.4 Å². The van der Waals surface area contributed by atoms with E-state index >= 15 is 0 Å². The van der Waals surface area contributed by atoms with Gasteiger partial charge in [0.25, 0.3) is 6.01 Å². The van der Waals surface area contributed by atoms with Crippen molar-refractivity contribution in [2.75, 3.05) is 36.5 Å². The maximum atomic E-state index is 14.8. The molecular formula is C25H28F2N4O2. The Kier molecular flexibility index (Phi) is 5.93. The van der Waals surface area contributed by atoms with E-state index in [0.29, 0.717) is 35.8 Å². The summed E-state index contributed by atoms with van der Waals surface area (Å²) in [4.78, 5) is 6.55. The molecule has 0 spiro atoms. The van der Waals surface area contributed by atoms with E-state index < -0.39 is 5.82 Å². The van der Waals surface area contributed by atoms with Crippen LogP contribution in [-0.2, 0) is 0 Å². The zero-order valence-corrected chi connectivity index (χ0v) is 18.8. The number of rotatable bonds is 5. The van der Waals surface area contributed by atoms with Crippen LogP contribution in [0.4, 0.5) is 26.2 Å². The van der Waals surface area contributed by atoms with Gasteiger partial charge in [0.1, 0.15) is 24.4 Å². The molecule has 8 heteroatoms. The van der Waals surface area contributed by atoms with Crippen molar-refractivity contribution in [2.24, 2.45) is 0 Å². The highest BCUT2D eigenvalue weighted by Crippen LogP contribution is 2.39. The van der Waals surface area contributed by atoms with Crippen LogP contribution in [0, 0.1) is 11.6 Å². The minimum atomic E-state index is -0.430. The number of anilines is 3. The van der Waals surface area contributed by atoms with E-state index in [0.717, 1.165) is 31.5 Å². The summed E-state index contributed by atoms with van der Waals surface area (Å²) >= 11 is 0. The molecule has 174 valence electrons. The molecule has 3 aromatic rings. The average Bonchev–Trinajstić information content (AvgIpc) is 3.28. The second kappa shape index (κ2) is 9.02. The normalized spacial score (nSPS) is 16.6. The van der Waals surface area contributed by atoms with Crippen LogP contribution in [0.3, 0.4) is 0 Å². The molecule has 0 atom stereocenters. The zero-order valence-electron chi connectivity index (χ0n) is 18.8. The zero-order chi connectivity index (χ0) is 22.9. The lowest BCUT2D eigenvalue weighted by molar-refractivity contribution is 0.287. The van der Waals surface area contributed by atoms with Crippen molar-refractivity contribution in [3.05, 3.63) is 53.8 Å². The number of piperidine rings is 1. The van der Waals surface area contributed by atoms with Crippen molar-refractivity contribution in [2.45, 2.75) is 38.6 Å². The number of ether oxygens (including phenoxy) is 1. The Morgan fingerprint density at radius 3 is 2.70 bits per heavy atom. The molecule has 1 aromatic heterocycles. The molecule has 2 aliphatic rings. The highest BCUT2D eigenvalue weighted by molar-refractivity contribution is 5.72. The maximum Gasteiger partial charge on any atom is 0.299 e. The largest absolute Gasteiger partial charge is 0.486 e. The Balaban J connectivity index is 1.36. The number of benzene rings is 2. The van der Waals surface area contributed by atoms with E-state index in [1.165, 1.54) is 18.4 Å². The Labute approximate surface area is 192 Å². The lowest BCUT2D eigenvalue weighted by atomic mass is 9.90. The van der Waals surface area contributed by atoms with Gasteiger partial charge in [-0.05, 0) is 75.5 Å². The summed E-state index contributed by atoms with van der Waals surface area (Å²) in [7, 11) is 0. The van der Waals surface area contributed by atoms with Crippen molar-refractivity contribution in [1.82, 2.24) is 10.3 Å². The molecule has 1 fully saturated rings. The summed E-state index contributed by atoms with van der Waals surface area (Å²) < 4.78 is 40.6. The topological polar surface area (TPSA) is 62.6 Å². The number of hydrogen-bond acceptors (Lipinski definition) is 6. The molecule has 6 nitrogen and oxygen atoms in total. The van der Waals surface area contributed by atoms with E-state index in [4.69, 9.17) is 9.15 Å². The quantitative estimate of drug-likeness (QED) is 0.536. The number of nitrogens with one attached hydrogen (secondary N) is 2. The smallest absolute Gasteiger partial charge is 0.299 e. The van der Waals surface area contributed by atoms with Crippen LogP contribution in [0.5, 0.6) is 5.75 Å². The van der Waals surface area contributed by atoms with Gasteiger partial charge in [0, 0.05) is 17.3 Å². The van der Waals surface area contributed by atoms with Gasteiger partial charge in [-0.15, -0.1) is 0 Å². The molecule has 0 aliphatic carbocycles. The Morgan fingerprint density at radius 2 is 1.94 bits per heavy atom. The molecule has 5 rings (SSSR count).